The van der Waals surface area contributed by atoms with E-state index in [1.165, 1.54) is 5.69 Å². The van der Waals surface area contributed by atoms with Gasteiger partial charge in [0.15, 0.2) is 6.29 Å². The maximum Gasteiger partial charge on any atom is 0.264 e. The smallest absolute Gasteiger partial charge is 0.264 e. The summed E-state index contributed by atoms with van der Waals surface area (Å²) in [6.45, 7) is 6.62. The van der Waals surface area contributed by atoms with Crippen molar-refractivity contribution in [2.24, 2.45) is 4.99 Å². The Kier molecular flexibility index (Phi) is 5.82. The van der Waals surface area contributed by atoms with Crippen molar-refractivity contribution in [3.8, 4) is 0 Å². The fraction of sp³-hybridized carbons (Fsp3) is 0.360. The monoisotopic (exact) mass is 476 g/mol. The van der Waals surface area contributed by atoms with E-state index in [4.69, 9.17) is 4.74 Å². The van der Waals surface area contributed by atoms with E-state index in [-0.39, 0.29) is 12.2 Å². The fourth-order valence-corrected chi connectivity index (χ4v) is 5.71. The quantitative estimate of drug-likeness (QED) is 0.537. The van der Waals surface area contributed by atoms with Gasteiger partial charge in [-0.1, -0.05) is 0 Å². The van der Waals surface area contributed by atoms with Crippen LogP contribution in [0.4, 0.5) is 17.1 Å². The third-order valence-electron chi connectivity index (χ3n) is 6.54. The van der Waals surface area contributed by atoms with Crippen molar-refractivity contribution in [3.05, 3.63) is 52.9 Å². The average molecular weight is 477 g/mol. The number of carbonyl (C=O) groups excluding carboxylic acids is 1. The van der Waals surface area contributed by atoms with Crippen molar-refractivity contribution in [1.82, 2.24) is 10.2 Å². The molecule has 2 saturated heterocycles. The number of nitrogens with zero attached hydrogens (tertiary/aromatic N) is 3. The van der Waals surface area contributed by atoms with Crippen LogP contribution >= 0.6 is 11.3 Å². The van der Waals surface area contributed by atoms with Crippen LogP contribution in [-0.2, 0) is 4.74 Å². The van der Waals surface area contributed by atoms with E-state index in [0.29, 0.717) is 0 Å². The van der Waals surface area contributed by atoms with Crippen molar-refractivity contribution in [1.29, 1.82) is 0 Å². The number of anilines is 3. The van der Waals surface area contributed by atoms with E-state index in [9.17, 15) is 4.79 Å². The summed E-state index contributed by atoms with van der Waals surface area (Å²) >= 11 is 1.56. The number of benzene rings is 2. The molecule has 0 radical (unpaired) electrons. The number of amides is 1. The van der Waals surface area contributed by atoms with Crippen LogP contribution in [0.1, 0.15) is 15.2 Å². The number of ether oxygens (including phenoxy) is 1. The Labute approximate surface area is 202 Å². The Morgan fingerprint density at radius 2 is 1.85 bits per heavy atom. The third kappa shape index (κ3) is 4.22. The summed E-state index contributed by atoms with van der Waals surface area (Å²) in [6, 6.07) is 14.6. The zero-order chi connectivity index (χ0) is 22.9. The molecule has 0 aliphatic carbocycles. The number of hydrogen-bond acceptors (Lipinski definition) is 8. The van der Waals surface area contributed by atoms with E-state index < -0.39 is 0 Å². The van der Waals surface area contributed by atoms with Crippen LogP contribution in [0.25, 0.3) is 10.1 Å². The highest BCUT2D eigenvalue weighted by Gasteiger charge is 2.23. The first-order chi connectivity index (χ1) is 16.7. The van der Waals surface area contributed by atoms with E-state index in [1.807, 2.05) is 17.2 Å². The molecule has 4 heterocycles. The summed E-state index contributed by atoms with van der Waals surface area (Å²) in [5.41, 5.74) is 4.26. The van der Waals surface area contributed by atoms with Gasteiger partial charge in [0.25, 0.3) is 5.91 Å². The minimum absolute atomic E-state index is 0.121. The molecular formula is C25H28N6O2S. The lowest BCUT2D eigenvalue weighted by Gasteiger charge is -2.29. The molecule has 1 amide bonds. The molecule has 1 aromatic heterocycles. The van der Waals surface area contributed by atoms with Gasteiger partial charge in [0.2, 0.25) is 0 Å². The Morgan fingerprint density at radius 3 is 2.65 bits per heavy atom. The summed E-state index contributed by atoms with van der Waals surface area (Å²) in [7, 11) is 0. The normalized spacial score (nSPS) is 20.2. The number of fused-ring (bicyclic) bond motifs is 3. The molecule has 2 fully saturated rings. The molecule has 0 bridgehead atoms. The van der Waals surface area contributed by atoms with Crippen LogP contribution in [0.15, 0.2) is 47.5 Å². The largest absolute Gasteiger partial charge is 0.378 e. The van der Waals surface area contributed by atoms with Crippen molar-refractivity contribution >= 4 is 50.6 Å². The van der Waals surface area contributed by atoms with Crippen LogP contribution in [-0.4, -0.2) is 75.8 Å². The molecule has 1 atom stereocenters. The highest BCUT2D eigenvalue weighted by molar-refractivity contribution is 7.20. The molecule has 0 saturated carbocycles. The zero-order valence-electron chi connectivity index (χ0n) is 18.9. The lowest BCUT2D eigenvalue weighted by Crippen LogP contribution is -2.46. The minimum Gasteiger partial charge on any atom is -0.378 e. The first-order valence-corrected chi connectivity index (χ1v) is 12.6. The minimum atomic E-state index is -0.278. The lowest BCUT2D eigenvalue weighted by molar-refractivity contribution is 0.0741. The van der Waals surface area contributed by atoms with Crippen molar-refractivity contribution in [2.75, 3.05) is 68.0 Å². The number of hydrogen-bond donors (Lipinski definition) is 3. The predicted octanol–water partition coefficient (Wildman–Crippen LogP) is 3.02. The summed E-state index contributed by atoms with van der Waals surface area (Å²) < 4.78 is 6.55. The van der Waals surface area contributed by atoms with Gasteiger partial charge in [-0.3, -0.25) is 4.79 Å². The molecule has 3 aromatic rings. The Hall–Kier alpha value is -3.14. The average Bonchev–Trinajstić information content (AvgIpc) is 3.35. The first kappa shape index (κ1) is 21.4. The van der Waals surface area contributed by atoms with Gasteiger partial charge in [-0.05, 0) is 42.5 Å². The number of rotatable bonds is 4. The van der Waals surface area contributed by atoms with Crippen LogP contribution in [0, 0.1) is 0 Å². The maximum absolute atomic E-state index is 13.0. The maximum atomic E-state index is 13.0. The van der Waals surface area contributed by atoms with Gasteiger partial charge in [0.05, 0.1) is 23.8 Å². The standard InChI is InChI=1S/C25H28N6O2S/c32-24(31-9-7-26-8-10-31)22-15-20-21(34-22)6-1-17-16-27-25(29-23(17)20)28-18-2-4-19(5-3-18)30-11-13-33-14-12-30/h1-6,15-16,25-26,28-29H,7-14H2. The summed E-state index contributed by atoms with van der Waals surface area (Å²) in [6.07, 6.45) is 1.63. The molecule has 3 aliphatic rings. The van der Waals surface area contributed by atoms with Gasteiger partial charge in [-0.25, -0.2) is 4.99 Å². The Balaban J connectivity index is 1.19. The summed E-state index contributed by atoms with van der Waals surface area (Å²) in [5.74, 6) is 0.121. The highest BCUT2D eigenvalue weighted by Crippen LogP contribution is 2.36. The van der Waals surface area contributed by atoms with Gasteiger partial charge in [0, 0.05) is 72.5 Å². The van der Waals surface area contributed by atoms with Crippen LogP contribution in [0.5, 0.6) is 0 Å². The second kappa shape index (κ2) is 9.25. The zero-order valence-corrected chi connectivity index (χ0v) is 19.7. The van der Waals surface area contributed by atoms with Crippen molar-refractivity contribution in [3.63, 3.8) is 0 Å². The van der Waals surface area contributed by atoms with Crippen molar-refractivity contribution < 1.29 is 9.53 Å². The Morgan fingerprint density at radius 1 is 1.06 bits per heavy atom. The molecule has 8 nitrogen and oxygen atoms in total. The third-order valence-corrected chi connectivity index (χ3v) is 7.63. The van der Waals surface area contributed by atoms with E-state index in [2.05, 4.69) is 62.2 Å². The molecule has 3 aliphatic heterocycles. The lowest BCUT2D eigenvalue weighted by atomic mass is 10.1. The van der Waals surface area contributed by atoms with Crippen molar-refractivity contribution in [2.45, 2.75) is 6.29 Å². The highest BCUT2D eigenvalue weighted by atomic mass is 32.1. The van der Waals surface area contributed by atoms with Gasteiger partial charge >= 0.3 is 0 Å². The van der Waals surface area contributed by atoms with Gasteiger partial charge < -0.3 is 30.5 Å². The first-order valence-electron chi connectivity index (χ1n) is 11.8. The molecule has 1 unspecified atom stereocenters. The van der Waals surface area contributed by atoms with Crippen LogP contribution < -0.4 is 20.9 Å². The van der Waals surface area contributed by atoms with Gasteiger partial charge in [-0.2, -0.15) is 0 Å². The summed E-state index contributed by atoms with van der Waals surface area (Å²) in [4.78, 5) is 22.7. The number of thiophene rings is 1. The molecule has 2 aromatic carbocycles. The molecule has 6 rings (SSSR count). The predicted molar refractivity (Wildman–Crippen MR) is 139 cm³/mol. The second-order valence-electron chi connectivity index (χ2n) is 8.71. The number of aliphatic imine (C=N–C) groups is 1. The number of carbonyl (C=O) groups is 1. The van der Waals surface area contributed by atoms with E-state index in [0.717, 1.165) is 84.4 Å². The number of morpholine rings is 1. The second-order valence-corrected chi connectivity index (χ2v) is 9.79. The number of piperazine rings is 1. The van der Waals surface area contributed by atoms with Crippen LogP contribution in [0.2, 0.25) is 0 Å². The van der Waals surface area contributed by atoms with Crippen LogP contribution in [0.3, 0.4) is 0 Å². The molecule has 0 spiro atoms. The topological polar surface area (TPSA) is 81.2 Å². The number of nitrogens with one attached hydrogen (secondary N) is 3. The Bertz CT molecular complexity index is 1210. The SMILES string of the molecule is O=C(c1cc2c3c(ccc2s1)C=NC(Nc1ccc(N2CCOCC2)cc1)N3)N1CCNCC1. The van der Waals surface area contributed by atoms with Gasteiger partial charge in [0.1, 0.15) is 0 Å². The molecule has 3 N–H and O–H groups in total. The molecule has 176 valence electrons. The van der Waals surface area contributed by atoms with Gasteiger partial charge in [-0.15, -0.1) is 11.3 Å². The van der Waals surface area contributed by atoms with E-state index >= 15 is 0 Å². The molecule has 9 heteroatoms. The summed E-state index contributed by atoms with van der Waals surface area (Å²) in [5, 5.41) is 11.4. The molecule has 34 heavy (non-hydrogen) atoms. The molecular weight excluding hydrogens is 448 g/mol. The van der Waals surface area contributed by atoms with E-state index in [1.54, 1.807) is 11.3 Å². The fourth-order valence-electron chi connectivity index (χ4n) is 4.68.